The number of carbonyl (C=O) groups excluding carboxylic acids is 1. The third-order valence-corrected chi connectivity index (χ3v) is 6.27. The van der Waals surface area contributed by atoms with Gasteiger partial charge in [0, 0.05) is 4.47 Å². The lowest BCUT2D eigenvalue weighted by Gasteiger charge is -2.11. The SMILES string of the molecule is CCCCOC(=O)c1ccc(NS(=O)(=O)c2ccc(CCCC)cc2)c(Br)c1. The van der Waals surface area contributed by atoms with E-state index < -0.39 is 16.0 Å². The first-order chi connectivity index (χ1) is 13.4. The molecule has 1 N–H and O–H groups in total. The molecule has 0 unspecified atom stereocenters. The van der Waals surface area contributed by atoms with E-state index in [1.807, 2.05) is 19.1 Å². The van der Waals surface area contributed by atoms with Crippen LogP contribution < -0.4 is 4.72 Å². The first kappa shape index (κ1) is 22.4. The summed E-state index contributed by atoms with van der Waals surface area (Å²) in [6, 6.07) is 11.6. The molecule has 0 bridgehead atoms. The van der Waals surface area contributed by atoms with E-state index >= 15 is 0 Å². The van der Waals surface area contributed by atoms with Crippen LogP contribution in [-0.4, -0.2) is 21.0 Å². The molecule has 28 heavy (non-hydrogen) atoms. The Morgan fingerprint density at radius 2 is 1.71 bits per heavy atom. The zero-order valence-corrected chi connectivity index (χ0v) is 18.6. The van der Waals surface area contributed by atoms with Crippen molar-refractivity contribution in [2.24, 2.45) is 0 Å². The van der Waals surface area contributed by atoms with Gasteiger partial charge in [-0.15, -0.1) is 0 Å². The second-order valence-corrected chi connectivity index (χ2v) is 9.07. The summed E-state index contributed by atoms with van der Waals surface area (Å²) >= 11 is 3.33. The number of halogens is 1. The van der Waals surface area contributed by atoms with Crippen LogP contribution >= 0.6 is 15.9 Å². The number of benzene rings is 2. The topological polar surface area (TPSA) is 72.5 Å². The molecular weight excluding hydrogens is 442 g/mol. The molecular formula is C21H26BrNO4S. The minimum Gasteiger partial charge on any atom is -0.462 e. The highest BCUT2D eigenvalue weighted by Crippen LogP contribution is 2.27. The van der Waals surface area contributed by atoms with Crippen molar-refractivity contribution in [2.75, 3.05) is 11.3 Å². The van der Waals surface area contributed by atoms with Crippen molar-refractivity contribution < 1.29 is 17.9 Å². The van der Waals surface area contributed by atoms with Gasteiger partial charge >= 0.3 is 5.97 Å². The molecule has 0 fully saturated rings. The molecule has 0 aliphatic carbocycles. The molecule has 0 saturated carbocycles. The zero-order valence-electron chi connectivity index (χ0n) is 16.2. The summed E-state index contributed by atoms with van der Waals surface area (Å²) in [5.74, 6) is -0.425. The number of ether oxygens (including phenoxy) is 1. The second kappa shape index (κ2) is 10.6. The number of hydrogen-bond donors (Lipinski definition) is 1. The molecule has 0 radical (unpaired) electrons. The Balaban J connectivity index is 2.10. The number of hydrogen-bond acceptors (Lipinski definition) is 4. The Kier molecular flexibility index (Phi) is 8.51. The van der Waals surface area contributed by atoms with Crippen LogP contribution in [0.1, 0.15) is 55.5 Å². The van der Waals surface area contributed by atoms with Crippen LogP contribution in [-0.2, 0) is 21.2 Å². The first-order valence-corrected chi connectivity index (χ1v) is 11.7. The molecule has 0 spiro atoms. The Morgan fingerprint density at radius 1 is 1.04 bits per heavy atom. The fourth-order valence-electron chi connectivity index (χ4n) is 2.54. The van der Waals surface area contributed by atoms with Crippen LogP contribution in [0.15, 0.2) is 51.8 Å². The number of unbranched alkanes of at least 4 members (excludes halogenated alkanes) is 2. The third kappa shape index (κ3) is 6.34. The molecule has 7 heteroatoms. The maximum absolute atomic E-state index is 12.6. The maximum Gasteiger partial charge on any atom is 0.338 e. The van der Waals surface area contributed by atoms with E-state index in [2.05, 4.69) is 27.6 Å². The predicted octanol–water partition coefficient (Wildman–Crippen LogP) is 5.55. The molecule has 5 nitrogen and oxygen atoms in total. The molecule has 0 heterocycles. The van der Waals surface area contributed by atoms with Crippen LogP contribution in [0.2, 0.25) is 0 Å². The number of esters is 1. The fraction of sp³-hybridized carbons (Fsp3) is 0.381. The number of anilines is 1. The van der Waals surface area contributed by atoms with Crippen molar-refractivity contribution in [3.63, 3.8) is 0 Å². The molecule has 0 aliphatic rings. The first-order valence-electron chi connectivity index (χ1n) is 9.45. The summed E-state index contributed by atoms with van der Waals surface area (Å²) in [5.41, 5.74) is 1.85. The summed E-state index contributed by atoms with van der Waals surface area (Å²) in [6.45, 7) is 4.51. The van der Waals surface area contributed by atoms with E-state index in [1.54, 1.807) is 30.3 Å². The lowest BCUT2D eigenvalue weighted by atomic mass is 10.1. The van der Waals surface area contributed by atoms with Crippen molar-refractivity contribution in [3.8, 4) is 0 Å². The van der Waals surface area contributed by atoms with Gasteiger partial charge in [-0.05, 0) is 71.1 Å². The molecule has 0 aliphatic heterocycles. The highest BCUT2D eigenvalue weighted by atomic mass is 79.9. The van der Waals surface area contributed by atoms with E-state index in [0.717, 1.165) is 37.7 Å². The predicted molar refractivity (Wildman–Crippen MR) is 115 cm³/mol. The largest absolute Gasteiger partial charge is 0.462 e. The Morgan fingerprint density at radius 3 is 2.32 bits per heavy atom. The average Bonchev–Trinajstić information content (AvgIpc) is 2.68. The molecule has 0 atom stereocenters. The van der Waals surface area contributed by atoms with Gasteiger partial charge in [-0.2, -0.15) is 0 Å². The number of carbonyl (C=O) groups is 1. The van der Waals surface area contributed by atoms with E-state index in [-0.39, 0.29) is 4.90 Å². The van der Waals surface area contributed by atoms with E-state index in [1.165, 1.54) is 0 Å². The van der Waals surface area contributed by atoms with E-state index in [0.29, 0.717) is 22.3 Å². The molecule has 152 valence electrons. The molecule has 2 aromatic rings. The molecule has 0 aromatic heterocycles. The van der Waals surface area contributed by atoms with Gasteiger partial charge < -0.3 is 4.74 Å². The second-order valence-electron chi connectivity index (χ2n) is 6.54. The van der Waals surface area contributed by atoms with Gasteiger partial charge in [0.25, 0.3) is 10.0 Å². The Labute approximate surface area is 175 Å². The van der Waals surface area contributed by atoms with Crippen molar-refractivity contribution in [1.82, 2.24) is 0 Å². The summed E-state index contributed by atoms with van der Waals surface area (Å²) in [7, 11) is -3.72. The number of nitrogens with one attached hydrogen (secondary N) is 1. The summed E-state index contributed by atoms with van der Waals surface area (Å²) in [5, 5.41) is 0. The lowest BCUT2D eigenvalue weighted by molar-refractivity contribution is 0.0499. The van der Waals surface area contributed by atoms with Crippen LogP contribution in [0.4, 0.5) is 5.69 Å². The van der Waals surface area contributed by atoms with Crippen molar-refractivity contribution in [2.45, 2.75) is 50.8 Å². The van der Waals surface area contributed by atoms with Crippen LogP contribution in [0.5, 0.6) is 0 Å². The highest BCUT2D eigenvalue weighted by Gasteiger charge is 2.17. The van der Waals surface area contributed by atoms with Gasteiger partial charge in [-0.25, -0.2) is 13.2 Å². The van der Waals surface area contributed by atoms with Crippen molar-refractivity contribution >= 4 is 37.6 Å². The van der Waals surface area contributed by atoms with Gasteiger partial charge in [0.15, 0.2) is 0 Å². The summed E-state index contributed by atoms with van der Waals surface area (Å²) in [6.07, 6.45) is 4.85. The van der Waals surface area contributed by atoms with Crippen LogP contribution in [0.25, 0.3) is 0 Å². The number of sulfonamides is 1. The van der Waals surface area contributed by atoms with E-state index in [9.17, 15) is 13.2 Å². The maximum atomic E-state index is 12.6. The van der Waals surface area contributed by atoms with Gasteiger partial charge in [0.05, 0.1) is 22.8 Å². The van der Waals surface area contributed by atoms with Crippen molar-refractivity contribution in [3.05, 3.63) is 58.1 Å². The number of aryl methyl sites for hydroxylation is 1. The Bertz CT molecular complexity index is 895. The fourth-order valence-corrected chi connectivity index (χ4v) is 4.23. The average molecular weight is 468 g/mol. The standard InChI is InChI=1S/C21H26BrNO4S/c1-3-5-7-16-8-11-18(12-9-16)28(25,26)23-20-13-10-17(15-19(20)22)21(24)27-14-6-4-2/h8-13,15,23H,3-7,14H2,1-2H3. The molecule has 2 rings (SSSR count). The van der Waals surface area contributed by atoms with Crippen LogP contribution in [0, 0.1) is 0 Å². The molecule has 2 aromatic carbocycles. The smallest absolute Gasteiger partial charge is 0.338 e. The van der Waals surface area contributed by atoms with E-state index in [4.69, 9.17) is 4.74 Å². The zero-order chi connectivity index (χ0) is 20.6. The monoisotopic (exact) mass is 467 g/mol. The van der Waals surface area contributed by atoms with Gasteiger partial charge in [-0.1, -0.05) is 38.8 Å². The normalized spacial score (nSPS) is 11.2. The minimum atomic E-state index is -3.72. The van der Waals surface area contributed by atoms with Gasteiger partial charge in [-0.3, -0.25) is 4.72 Å². The lowest BCUT2D eigenvalue weighted by Crippen LogP contribution is -2.14. The summed E-state index contributed by atoms with van der Waals surface area (Å²) < 4.78 is 33.5. The van der Waals surface area contributed by atoms with Gasteiger partial charge in [0.1, 0.15) is 0 Å². The quantitative estimate of drug-likeness (QED) is 0.367. The summed E-state index contributed by atoms with van der Waals surface area (Å²) in [4.78, 5) is 12.2. The number of rotatable bonds is 10. The molecule has 0 saturated heterocycles. The van der Waals surface area contributed by atoms with Crippen LogP contribution in [0.3, 0.4) is 0 Å². The molecule has 0 amide bonds. The highest BCUT2D eigenvalue weighted by molar-refractivity contribution is 9.10. The Hall–Kier alpha value is -1.86. The minimum absolute atomic E-state index is 0.197. The van der Waals surface area contributed by atoms with Gasteiger partial charge in [0.2, 0.25) is 0 Å². The third-order valence-electron chi connectivity index (χ3n) is 4.23. The van der Waals surface area contributed by atoms with Crippen molar-refractivity contribution in [1.29, 1.82) is 0 Å².